The summed E-state index contributed by atoms with van der Waals surface area (Å²) in [4.78, 5) is 12.0. The smallest absolute Gasteiger partial charge is 0.342 e. The predicted octanol–water partition coefficient (Wildman–Crippen LogP) is 3.31. The molecule has 6 nitrogen and oxygen atoms in total. The van der Waals surface area contributed by atoms with Gasteiger partial charge < -0.3 is 18.8 Å². The number of aryl methyl sites for hydroxylation is 1. The molecule has 22 heavy (non-hydrogen) atoms. The monoisotopic (exact) mass is 299 g/mol. The minimum Gasteiger partial charge on any atom is -0.507 e. The molecule has 2 heterocycles. The number of esters is 1. The molecule has 0 bridgehead atoms. The molecule has 1 aromatic carbocycles. The van der Waals surface area contributed by atoms with Crippen LogP contribution in [0.5, 0.6) is 5.75 Å². The number of benzene rings is 1. The van der Waals surface area contributed by atoms with Crippen LogP contribution in [0.3, 0.4) is 0 Å². The molecule has 6 heteroatoms. The molecule has 0 unspecified atom stereocenters. The number of hydrogen-bond acceptors (Lipinski definition) is 6. The van der Waals surface area contributed by atoms with E-state index in [1.54, 1.807) is 37.3 Å². The average Bonchev–Trinajstić information content (AvgIpc) is 3.18. The number of carbonyl (C=O) groups is 1. The molecule has 0 aliphatic carbocycles. The first-order valence-electron chi connectivity index (χ1n) is 6.60. The van der Waals surface area contributed by atoms with E-state index in [0.29, 0.717) is 22.8 Å². The first-order valence-corrected chi connectivity index (χ1v) is 6.60. The molecule has 2 aromatic heterocycles. The highest BCUT2D eigenvalue weighted by molar-refractivity contribution is 5.92. The maximum atomic E-state index is 12.0. The lowest BCUT2D eigenvalue weighted by Gasteiger charge is -2.06. The van der Waals surface area contributed by atoms with Gasteiger partial charge in [-0.05, 0) is 30.7 Å². The number of phenols is 1. The lowest BCUT2D eigenvalue weighted by atomic mass is 10.1. The van der Waals surface area contributed by atoms with E-state index < -0.39 is 5.97 Å². The van der Waals surface area contributed by atoms with Crippen molar-refractivity contribution in [1.82, 2.24) is 5.16 Å². The van der Waals surface area contributed by atoms with Crippen molar-refractivity contribution in [2.24, 2.45) is 0 Å². The van der Waals surface area contributed by atoms with E-state index >= 15 is 0 Å². The zero-order chi connectivity index (χ0) is 15.5. The van der Waals surface area contributed by atoms with E-state index in [1.807, 2.05) is 0 Å². The highest BCUT2D eigenvalue weighted by Gasteiger charge is 2.15. The van der Waals surface area contributed by atoms with E-state index in [2.05, 4.69) is 5.16 Å². The molecule has 0 aliphatic rings. The molecule has 3 aromatic rings. The van der Waals surface area contributed by atoms with Gasteiger partial charge in [0.15, 0.2) is 5.76 Å². The van der Waals surface area contributed by atoms with Gasteiger partial charge in [-0.25, -0.2) is 4.79 Å². The molecule has 112 valence electrons. The van der Waals surface area contributed by atoms with Crippen molar-refractivity contribution in [3.63, 3.8) is 0 Å². The number of hydrogen-bond donors (Lipinski definition) is 1. The Bertz CT molecular complexity index is 789. The third kappa shape index (κ3) is 2.71. The molecule has 0 saturated heterocycles. The molecule has 0 fully saturated rings. The number of nitrogens with zero attached hydrogens (tertiary/aromatic N) is 1. The Kier molecular flexibility index (Phi) is 3.65. The zero-order valence-corrected chi connectivity index (χ0v) is 11.8. The van der Waals surface area contributed by atoms with Crippen molar-refractivity contribution in [3.05, 3.63) is 59.5 Å². The van der Waals surface area contributed by atoms with Crippen LogP contribution in [0, 0.1) is 6.92 Å². The molecule has 0 atom stereocenters. The van der Waals surface area contributed by atoms with Crippen molar-refractivity contribution in [3.8, 4) is 17.3 Å². The van der Waals surface area contributed by atoms with Gasteiger partial charge in [0.1, 0.15) is 23.6 Å². The number of rotatable bonds is 4. The maximum absolute atomic E-state index is 12.0. The number of carbonyl (C=O) groups excluding carboxylic acids is 1. The number of furan rings is 1. The van der Waals surface area contributed by atoms with Gasteiger partial charge in [0.2, 0.25) is 5.76 Å². The van der Waals surface area contributed by atoms with E-state index in [-0.39, 0.29) is 17.9 Å². The Morgan fingerprint density at radius 2 is 2.14 bits per heavy atom. The standard InChI is InChI=1S/C16H13NO5/c1-10-4-2-5-12(15(10)18)16(19)21-9-11-8-14(22-17-11)13-6-3-7-20-13/h2-8,18H,9H2,1H3. The van der Waals surface area contributed by atoms with Crippen LogP contribution in [-0.2, 0) is 11.3 Å². The van der Waals surface area contributed by atoms with Crippen molar-refractivity contribution in [2.75, 3.05) is 0 Å². The van der Waals surface area contributed by atoms with E-state index in [9.17, 15) is 9.90 Å². The van der Waals surface area contributed by atoms with E-state index in [0.717, 1.165) is 0 Å². The summed E-state index contributed by atoms with van der Waals surface area (Å²) in [6.07, 6.45) is 1.53. The third-order valence-corrected chi connectivity index (χ3v) is 3.13. The highest BCUT2D eigenvalue weighted by atomic mass is 16.5. The van der Waals surface area contributed by atoms with Crippen LogP contribution in [0.15, 0.2) is 51.6 Å². The lowest BCUT2D eigenvalue weighted by molar-refractivity contribution is 0.0461. The number of aromatic nitrogens is 1. The first-order chi connectivity index (χ1) is 10.6. The fourth-order valence-electron chi connectivity index (χ4n) is 1.96. The quantitative estimate of drug-likeness (QED) is 0.744. The minimum atomic E-state index is -0.622. The summed E-state index contributed by atoms with van der Waals surface area (Å²) in [7, 11) is 0. The van der Waals surface area contributed by atoms with Crippen molar-refractivity contribution >= 4 is 5.97 Å². The van der Waals surface area contributed by atoms with Crippen molar-refractivity contribution in [2.45, 2.75) is 13.5 Å². The van der Waals surface area contributed by atoms with E-state index in [4.69, 9.17) is 13.7 Å². The fourth-order valence-corrected chi connectivity index (χ4v) is 1.96. The normalized spacial score (nSPS) is 10.6. The second kappa shape index (κ2) is 5.77. The summed E-state index contributed by atoms with van der Waals surface area (Å²) in [6.45, 7) is 1.65. The predicted molar refractivity (Wildman–Crippen MR) is 76.2 cm³/mol. The van der Waals surface area contributed by atoms with Gasteiger partial charge >= 0.3 is 5.97 Å². The van der Waals surface area contributed by atoms with Gasteiger partial charge in [0.25, 0.3) is 0 Å². The minimum absolute atomic E-state index is 0.0591. The zero-order valence-electron chi connectivity index (χ0n) is 11.8. The van der Waals surface area contributed by atoms with Crippen molar-refractivity contribution in [1.29, 1.82) is 0 Å². The van der Waals surface area contributed by atoms with Gasteiger partial charge in [0, 0.05) is 6.07 Å². The maximum Gasteiger partial charge on any atom is 0.342 e. The molecule has 0 aliphatic heterocycles. The number of para-hydroxylation sites is 1. The van der Waals surface area contributed by atoms with Crippen LogP contribution >= 0.6 is 0 Å². The molecule has 0 amide bonds. The molecule has 1 N–H and O–H groups in total. The largest absolute Gasteiger partial charge is 0.507 e. The third-order valence-electron chi connectivity index (χ3n) is 3.13. The highest BCUT2D eigenvalue weighted by Crippen LogP contribution is 2.23. The van der Waals surface area contributed by atoms with Gasteiger partial charge in [-0.3, -0.25) is 0 Å². The molecule has 0 spiro atoms. The summed E-state index contributed by atoms with van der Waals surface area (Å²) in [5.41, 5.74) is 1.18. The van der Waals surface area contributed by atoms with Crippen LogP contribution in [0.25, 0.3) is 11.5 Å². The molecule has 0 saturated carbocycles. The van der Waals surface area contributed by atoms with Crippen LogP contribution < -0.4 is 0 Å². The van der Waals surface area contributed by atoms with Gasteiger partial charge in [-0.1, -0.05) is 17.3 Å². The number of ether oxygens (including phenoxy) is 1. The molecular weight excluding hydrogens is 286 g/mol. The summed E-state index contributed by atoms with van der Waals surface area (Å²) < 4.78 is 15.4. The molecule has 0 radical (unpaired) electrons. The number of aromatic hydroxyl groups is 1. The van der Waals surface area contributed by atoms with Gasteiger partial charge in [-0.2, -0.15) is 0 Å². The van der Waals surface area contributed by atoms with E-state index in [1.165, 1.54) is 12.3 Å². The Labute approximate surface area is 125 Å². The van der Waals surface area contributed by atoms with Crippen LogP contribution in [-0.4, -0.2) is 16.2 Å². The Balaban J connectivity index is 1.68. The summed E-state index contributed by atoms with van der Waals surface area (Å²) >= 11 is 0. The second-order valence-electron chi connectivity index (χ2n) is 4.71. The molecular formula is C16H13NO5. The topological polar surface area (TPSA) is 85.7 Å². The Morgan fingerprint density at radius 3 is 2.91 bits per heavy atom. The van der Waals surface area contributed by atoms with Crippen molar-refractivity contribution < 1.29 is 23.6 Å². The van der Waals surface area contributed by atoms with Crippen LogP contribution in [0.4, 0.5) is 0 Å². The Hall–Kier alpha value is -3.02. The van der Waals surface area contributed by atoms with Crippen LogP contribution in [0.1, 0.15) is 21.6 Å². The van der Waals surface area contributed by atoms with Crippen LogP contribution in [0.2, 0.25) is 0 Å². The van der Waals surface area contributed by atoms with Gasteiger partial charge in [0.05, 0.1) is 6.26 Å². The SMILES string of the molecule is Cc1cccc(C(=O)OCc2cc(-c3ccco3)on2)c1O. The van der Waals surface area contributed by atoms with Gasteiger partial charge in [-0.15, -0.1) is 0 Å². The second-order valence-corrected chi connectivity index (χ2v) is 4.71. The summed E-state index contributed by atoms with van der Waals surface area (Å²) in [5.74, 6) is 0.295. The summed E-state index contributed by atoms with van der Waals surface area (Å²) in [5, 5.41) is 13.6. The first kappa shape index (κ1) is 13.9. The summed E-state index contributed by atoms with van der Waals surface area (Å²) in [6, 6.07) is 9.99. The molecule has 3 rings (SSSR count). The average molecular weight is 299 g/mol. The number of phenolic OH excluding ortho intramolecular Hbond substituents is 1. The lowest BCUT2D eigenvalue weighted by Crippen LogP contribution is -2.06. The Morgan fingerprint density at radius 1 is 1.27 bits per heavy atom. The fraction of sp³-hybridized carbons (Fsp3) is 0.125.